The molecule has 0 aliphatic carbocycles. The molecule has 0 saturated carbocycles. The van der Waals surface area contributed by atoms with Crippen LogP contribution in [0.5, 0.6) is 0 Å². The zero-order valence-corrected chi connectivity index (χ0v) is 19.5. The first-order valence-corrected chi connectivity index (χ1v) is 12.5. The van der Waals surface area contributed by atoms with E-state index < -0.39 is 10.8 Å². The fourth-order valence-electron chi connectivity index (χ4n) is 3.46. The van der Waals surface area contributed by atoms with E-state index in [4.69, 9.17) is 0 Å². The summed E-state index contributed by atoms with van der Waals surface area (Å²) in [5, 5.41) is 7.45. The molecule has 0 aliphatic heterocycles. The van der Waals surface area contributed by atoms with Gasteiger partial charge in [-0.15, -0.1) is 11.3 Å². The second kappa shape index (κ2) is 8.68. The highest BCUT2D eigenvalue weighted by Crippen LogP contribution is 2.29. The van der Waals surface area contributed by atoms with Gasteiger partial charge in [-0.2, -0.15) is 5.10 Å². The molecule has 5 rings (SSSR count). The van der Waals surface area contributed by atoms with E-state index in [1.54, 1.807) is 52.6 Å². The number of pyridine rings is 1. The van der Waals surface area contributed by atoms with Crippen LogP contribution in [0.15, 0.2) is 77.1 Å². The van der Waals surface area contributed by atoms with Gasteiger partial charge in [0.05, 0.1) is 21.4 Å². The van der Waals surface area contributed by atoms with Crippen molar-refractivity contribution in [3.8, 4) is 17.1 Å². The van der Waals surface area contributed by atoms with E-state index in [1.807, 2.05) is 48.8 Å². The van der Waals surface area contributed by atoms with E-state index in [0.29, 0.717) is 16.4 Å². The number of anilines is 1. The first kappa shape index (κ1) is 21.2. The Morgan fingerprint density at radius 1 is 1.06 bits per heavy atom. The zero-order valence-electron chi connectivity index (χ0n) is 17.9. The summed E-state index contributed by atoms with van der Waals surface area (Å²) in [6.07, 6.45) is 1.62. The van der Waals surface area contributed by atoms with E-state index in [0.717, 1.165) is 27.2 Å². The minimum atomic E-state index is -1.08. The number of benzene rings is 2. The molecule has 0 saturated heterocycles. The monoisotopic (exact) mass is 473 g/mol. The molecule has 1 amide bonds. The Morgan fingerprint density at radius 3 is 2.64 bits per heavy atom. The van der Waals surface area contributed by atoms with Crippen molar-refractivity contribution in [3.63, 3.8) is 0 Å². The van der Waals surface area contributed by atoms with Crippen LogP contribution in [0, 0.1) is 6.92 Å². The molecule has 2 aromatic carbocycles. The Bertz CT molecular complexity index is 1510. The number of nitrogens with zero attached hydrogens (tertiary/aromatic N) is 4. The standard InChI is InChI=1S/C24H19N5O2S2/c1-15-4-3-5-23(26-15)29-21(16-6-11-19-22(12-16)32-14-25-19)13-20(28-29)24(30)27-17-7-9-18(10-8-17)33(2)31/h3-14H,1-2H3,(H,27,30). The highest BCUT2D eigenvalue weighted by molar-refractivity contribution is 7.84. The lowest BCUT2D eigenvalue weighted by Gasteiger charge is -2.07. The van der Waals surface area contributed by atoms with E-state index in [2.05, 4.69) is 20.4 Å². The maximum absolute atomic E-state index is 13.0. The first-order valence-electron chi connectivity index (χ1n) is 10.1. The SMILES string of the molecule is Cc1cccc(-n2nc(C(=O)Nc3ccc(S(C)=O)cc3)cc2-c2ccc3ncsc3c2)n1. The van der Waals surface area contributed by atoms with Gasteiger partial charge in [0, 0.05) is 38.9 Å². The number of aryl methyl sites for hydroxylation is 1. The van der Waals surface area contributed by atoms with Gasteiger partial charge in [0.1, 0.15) is 0 Å². The summed E-state index contributed by atoms with van der Waals surface area (Å²) in [5.41, 5.74) is 6.13. The number of nitrogens with one attached hydrogen (secondary N) is 1. The molecule has 0 radical (unpaired) electrons. The number of hydrogen-bond acceptors (Lipinski definition) is 6. The average Bonchev–Trinajstić information content (AvgIpc) is 3.46. The fraction of sp³-hybridized carbons (Fsp3) is 0.0833. The maximum atomic E-state index is 13.0. The number of carbonyl (C=O) groups excluding carboxylic acids is 1. The molecule has 0 aliphatic rings. The van der Waals surface area contributed by atoms with E-state index in [1.165, 1.54) is 0 Å². The van der Waals surface area contributed by atoms with Gasteiger partial charge in [0.15, 0.2) is 11.5 Å². The van der Waals surface area contributed by atoms with Crippen molar-refractivity contribution in [2.45, 2.75) is 11.8 Å². The lowest BCUT2D eigenvalue weighted by atomic mass is 10.1. The van der Waals surface area contributed by atoms with E-state index >= 15 is 0 Å². The molecular formula is C24H19N5O2S2. The second-order valence-corrected chi connectivity index (χ2v) is 9.70. The van der Waals surface area contributed by atoms with Crippen molar-refractivity contribution in [2.75, 3.05) is 11.6 Å². The van der Waals surface area contributed by atoms with Crippen LogP contribution < -0.4 is 5.32 Å². The summed E-state index contributed by atoms with van der Waals surface area (Å²) in [4.78, 5) is 22.7. The molecule has 1 atom stereocenters. The van der Waals surface area contributed by atoms with Gasteiger partial charge in [0.2, 0.25) is 0 Å². The Kier molecular flexibility index (Phi) is 5.57. The molecule has 3 heterocycles. The van der Waals surface area contributed by atoms with Crippen LogP contribution >= 0.6 is 11.3 Å². The predicted molar refractivity (Wildman–Crippen MR) is 131 cm³/mol. The zero-order chi connectivity index (χ0) is 22.9. The van der Waals surface area contributed by atoms with Crippen molar-refractivity contribution < 1.29 is 9.00 Å². The third-order valence-electron chi connectivity index (χ3n) is 5.10. The van der Waals surface area contributed by atoms with Gasteiger partial charge in [-0.25, -0.2) is 14.6 Å². The number of aromatic nitrogens is 4. The summed E-state index contributed by atoms with van der Waals surface area (Å²) >= 11 is 1.56. The second-order valence-electron chi connectivity index (χ2n) is 7.43. The van der Waals surface area contributed by atoms with Crippen LogP contribution in [-0.4, -0.2) is 36.1 Å². The normalized spacial score (nSPS) is 12.1. The predicted octanol–water partition coefficient (Wildman–Crippen LogP) is 4.84. The number of rotatable bonds is 5. The molecule has 1 unspecified atom stereocenters. The lowest BCUT2D eigenvalue weighted by Crippen LogP contribution is -2.13. The number of hydrogen-bond donors (Lipinski definition) is 1. The minimum absolute atomic E-state index is 0.265. The van der Waals surface area contributed by atoms with Crippen molar-refractivity contribution in [1.29, 1.82) is 0 Å². The van der Waals surface area contributed by atoms with E-state index in [-0.39, 0.29) is 11.6 Å². The quantitative estimate of drug-likeness (QED) is 0.394. The van der Waals surface area contributed by atoms with Crippen LogP contribution in [0.2, 0.25) is 0 Å². The summed E-state index contributed by atoms with van der Waals surface area (Å²) in [5.74, 6) is 0.287. The molecular weight excluding hydrogens is 454 g/mol. The maximum Gasteiger partial charge on any atom is 0.276 e. The topological polar surface area (TPSA) is 89.8 Å². The highest BCUT2D eigenvalue weighted by Gasteiger charge is 2.18. The summed E-state index contributed by atoms with van der Waals surface area (Å²) in [6, 6.07) is 20.3. The Morgan fingerprint density at radius 2 is 1.88 bits per heavy atom. The van der Waals surface area contributed by atoms with Crippen molar-refractivity contribution >= 4 is 43.9 Å². The van der Waals surface area contributed by atoms with Gasteiger partial charge in [-0.1, -0.05) is 12.1 Å². The van der Waals surface area contributed by atoms with Gasteiger partial charge in [-0.05, 0) is 61.5 Å². The Hall–Kier alpha value is -3.69. The minimum Gasteiger partial charge on any atom is -0.321 e. The van der Waals surface area contributed by atoms with Crippen molar-refractivity contribution in [2.24, 2.45) is 0 Å². The smallest absolute Gasteiger partial charge is 0.276 e. The number of thiazole rings is 1. The largest absolute Gasteiger partial charge is 0.321 e. The van der Waals surface area contributed by atoms with Crippen LogP contribution in [0.1, 0.15) is 16.2 Å². The summed E-state index contributed by atoms with van der Waals surface area (Å²) in [6.45, 7) is 1.91. The molecule has 0 spiro atoms. The molecule has 1 N–H and O–H groups in total. The molecule has 33 heavy (non-hydrogen) atoms. The Labute approximate surface area is 196 Å². The third-order valence-corrected chi connectivity index (χ3v) is 6.83. The number of carbonyl (C=O) groups is 1. The molecule has 5 aromatic rings. The number of fused-ring (bicyclic) bond motifs is 1. The number of amides is 1. The van der Waals surface area contributed by atoms with Gasteiger partial charge in [0.25, 0.3) is 5.91 Å². The van der Waals surface area contributed by atoms with Crippen molar-refractivity contribution in [3.05, 3.63) is 83.6 Å². The Balaban J connectivity index is 1.54. The molecule has 0 fully saturated rings. The summed E-state index contributed by atoms with van der Waals surface area (Å²) in [7, 11) is -1.08. The van der Waals surface area contributed by atoms with Crippen molar-refractivity contribution in [1.82, 2.24) is 19.7 Å². The fourth-order valence-corrected chi connectivity index (χ4v) is 4.69. The molecule has 0 bridgehead atoms. The van der Waals surface area contributed by atoms with Crippen LogP contribution in [0.25, 0.3) is 27.3 Å². The van der Waals surface area contributed by atoms with E-state index in [9.17, 15) is 9.00 Å². The lowest BCUT2D eigenvalue weighted by molar-refractivity contribution is 0.102. The third kappa shape index (κ3) is 4.33. The highest BCUT2D eigenvalue weighted by atomic mass is 32.2. The molecule has 9 heteroatoms. The van der Waals surface area contributed by atoms with Crippen LogP contribution in [-0.2, 0) is 10.8 Å². The van der Waals surface area contributed by atoms with Crippen LogP contribution in [0.3, 0.4) is 0 Å². The molecule has 3 aromatic heterocycles. The van der Waals surface area contributed by atoms with Gasteiger partial charge >= 0.3 is 0 Å². The van der Waals surface area contributed by atoms with Crippen LogP contribution in [0.4, 0.5) is 5.69 Å². The summed E-state index contributed by atoms with van der Waals surface area (Å²) < 4.78 is 14.3. The molecule has 164 valence electrons. The van der Waals surface area contributed by atoms with Gasteiger partial charge in [-0.3, -0.25) is 9.00 Å². The van der Waals surface area contributed by atoms with Gasteiger partial charge < -0.3 is 5.32 Å². The average molecular weight is 474 g/mol. The molecule has 7 nitrogen and oxygen atoms in total. The first-order chi connectivity index (χ1) is 16.0.